The smallest absolute Gasteiger partial charge is 0.236 e. The van der Waals surface area contributed by atoms with E-state index in [-0.39, 0.29) is 11.7 Å². The van der Waals surface area contributed by atoms with Gasteiger partial charge in [-0.2, -0.15) is 0 Å². The fourth-order valence-corrected chi connectivity index (χ4v) is 2.64. The van der Waals surface area contributed by atoms with Crippen LogP contribution in [-0.4, -0.2) is 36.9 Å². The molecule has 0 aliphatic carbocycles. The average Bonchev–Trinajstić information content (AvgIpc) is 2.95. The molecule has 2 aromatic rings. The Bertz CT molecular complexity index is 537. The highest BCUT2D eigenvalue weighted by Gasteiger charge is 2.10. The second-order valence-corrected chi connectivity index (χ2v) is 5.21. The molecule has 0 unspecified atom stereocenters. The van der Waals surface area contributed by atoms with E-state index in [0.29, 0.717) is 16.8 Å². The highest BCUT2D eigenvalue weighted by atomic mass is 32.2. The standard InChI is InChI=1S/C9H12N6OS2/c1-3-15-9(12-13-14-15)18-5-7(16)11-8-10-6(2)4-17-8/h4H,3,5H2,1-2H3,(H,10,11,16). The van der Waals surface area contributed by atoms with Gasteiger partial charge in [-0.15, -0.1) is 16.4 Å². The van der Waals surface area contributed by atoms with Crippen molar-refractivity contribution in [2.75, 3.05) is 11.1 Å². The van der Waals surface area contributed by atoms with Crippen LogP contribution in [0.25, 0.3) is 0 Å². The first-order chi connectivity index (χ1) is 8.69. The van der Waals surface area contributed by atoms with E-state index >= 15 is 0 Å². The lowest BCUT2D eigenvalue weighted by Gasteiger charge is -2.01. The van der Waals surface area contributed by atoms with Crippen molar-refractivity contribution < 1.29 is 4.79 Å². The maximum absolute atomic E-state index is 11.7. The molecule has 7 nitrogen and oxygen atoms in total. The molecule has 0 aliphatic rings. The summed E-state index contributed by atoms with van der Waals surface area (Å²) < 4.78 is 1.64. The summed E-state index contributed by atoms with van der Waals surface area (Å²) in [7, 11) is 0. The largest absolute Gasteiger partial charge is 0.301 e. The summed E-state index contributed by atoms with van der Waals surface area (Å²) in [6, 6.07) is 0. The summed E-state index contributed by atoms with van der Waals surface area (Å²) in [5.41, 5.74) is 0.901. The average molecular weight is 284 g/mol. The molecule has 1 amide bonds. The first-order valence-electron chi connectivity index (χ1n) is 5.30. The molecule has 96 valence electrons. The van der Waals surface area contributed by atoms with Gasteiger partial charge in [-0.1, -0.05) is 11.8 Å². The van der Waals surface area contributed by atoms with Crippen LogP contribution in [0.5, 0.6) is 0 Å². The third kappa shape index (κ3) is 3.26. The summed E-state index contributed by atoms with van der Waals surface area (Å²) in [5, 5.41) is 17.1. The number of carbonyl (C=O) groups is 1. The first-order valence-corrected chi connectivity index (χ1v) is 7.16. The second-order valence-electron chi connectivity index (χ2n) is 3.41. The zero-order valence-electron chi connectivity index (χ0n) is 9.95. The summed E-state index contributed by atoms with van der Waals surface area (Å²) >= 11 is 2.72. The van der Waals surface area contributed by atoms with Crippen molar-refractivity contribution in [3.8, 4) is 0 Å². The van der Waals surface area contributed by atoms with E-state index in [1.54, 1.807) is 4.68 Å². The van der Waals surface area contributed by atoms with Gasteiger partial charge in [-0.05, 0) is 24.3 Å². The fourth-order valence-electron chi connectivity index (χ4n) is 1.20. The van der Waals surface area contributed by atoms with Gasteiger partial charge in [-0.25, -0.2) is 9.67 Å². The molecule has 0 saturated carbocycles. The van der Waals surface area contributed by atoms with Crippen molar-refractivity contribution >= 4 is 34.1 Å². The van der Waals surface area contributed by atoms with Gasteiger partial charge in [0.05, 0.1) is 11.4 Å². The number of aromatic nitrogens is 5. The van der Waals surface area contributed by atoms with Crippen LogP contribution in [0.4, 0.5) is 5.13 Å². The van der Waals surface area contributed by atoms with Gasteiger partial charge in [0.1, 0.15) is 0 Å². The van der Waals surface area contributed by atoms with Crippen molar-refractivity contribution in [1.29, 1.82) is 0 Å². The van der Waals surface area contributed by atoms with E-state index in [1.165, 1.54) is 23.1 Å². The Labute approximate surface area is 112 Å². The zero-order chi connectivity index (χ0) is 13.0. The molecule has 2 rings (SSSR count). The van der Waals surface area contributed by atoms with Crippen molar-refractivity contribution in [2.45, 2.75) is 25.5 Å². The van der Waals surface area contributed by atoms with Crippen molar-refractivity contribution in [2.24, 2.45) is 0 Å². The lowest BCUT2D eigenvalue weighted by atomic mass is 10.6. The van der Waals surface area contributed by atoms with Gasteiger partial charge >= 0.3 is 0 Å². The number of anilines is 1. The number of hydrogen-bond donors (Lipinski definition) is 1. The van der Waals surface area contributed by atoms with Gasteiger partial charge in [0.25, 0.3) is 0 Å². The van der Waals surface area contributed by atoms with Gasteiger partial charge in [0.2, 0.25) is 11.1 Å². The number of carbonyl (C=O) groups excluding carboxylic acids is 1. The third-order valence-corrected chi connectivity index (χ3v) is 3.83. The summed E-state index contributed by atoms with van der Waals surface area (Å²) in [5.74, 6) is 0.152. The molecule has 9 heteroatoms. The van der Waals surface area contributed by atoms with Crippen LogP contribution in [0.3, 0.4) is 0 Å². The monoisotopic (exact) mass is 284 g/mol. The Morgan fingerprint density at radius 2 is 2.44 bits per heavy atom. The van der Waals surface area contributed by atoms with Crippen LogP contribution in [-0.2, 0) is 11.3 Å². The maximum Gasteiger partial charge on any atom is 0.236 e. The van der Waals surface area contributed by atoms with Crippen LogP contribution in [0.1, 0.15) is 12.6 Å². The number of nitrogens with one attached hydrogen (secondary N) is 1. The Balaban J connectivity index is 1.85. The number of tetrazole rings is 1. The van der Waals surface area contributed by atoms with Crippen LogP contribution >= 0.6 is 23.1 Å². The number of rotatable bonds is 5. The number of hydrogen-bond acceptors (Lipinski definition) is 7. The molecular formula is C9H12N6OS2. The lowest BCUT2D eigenvalue weighted by molar-refractivity contribution is -0.113. The molecular weight excluding hydrogens is 272 g/mol. The van der Waals surface area contributed by atoms with Crippen molar-refractivity contribution in [3.05, 3.63) is 11.1 Å². The van der Waals surface area contributed by atoms with Gasteiger partial charge < -0.3 is 5.32 Å². The van der Waals surface area contributed by atoms with Gasteiger partial charge in [0.15, 0.2) is 5.13 Å². The van der Waals surface area contributed by atoms with E-state index in [0.717, 1.165) is 5.69 Å². The predicted octanol–water partition coefficient (Wildman–Crippen LogP) is 1.19. The molecule has 0 spiro atoms. The number of amides is 1. The van der Waals surface area contributed by atoms with E-state index in [2.05, 4.69) is 25.8 Å². The van der Waals surface area contributed by atoms with E-state index in [1.807, 2.05) is 19.2 Å². The lowest BCUT2D eigenvalue weighted by Crippen LogP contribution is -2.14. The molecule has 0 saturated heterocycles. The molecule has 1 N–H and O–H groups in total. The third-order valence-electron chi connectivity index (χ3n) is 2.00. The fraction of sp³-hybridized carbons (Fsp3) is 0.444. The Morgan fingerprint density at radius 3 is 3.11 bits per heavy atom. The van der Waals surface area contributed by atoms with E-state index in [4.69, 9.17) is 0 Å². The zero-order valence-corrected chi connectivity index (χ0v) is 11.6. The van der Waals surface area contributed by atoms with Crippen molar-refractivity contribution in [3.63, 3.8) is 0 Å². The van der Waals surface area contributed by atoms with E-state index in [9.17, 15) is 4.79 Å². The van der Waals surface area contributed by atoms with Crippen LogP contribution in [0, 0.1) is 6.92 Å². The SMILES string of the molecule is CCn1nnnc1SCC(=O)Nc1nc(C)cs1. The molecule has 2 heterocycles. The molecule has 0 aliphatic heterocycles. The molecule has 0 atom stereocenters. The first kappa shape index (κ1) is 13.0. The minimum Gasteiger partial charge on any atom is -0.301 e. The van der Waals surface area contributed by atoms with Gasteiger partial charge in [-0.3, -0.25) is 4.79 Å². The number of thiazole rings is 1. The van der Waals surface area contributed by atoms with E-state index < -0.39 is 0 Å². The van der Waals surface area contributed by atoms with Crippen LogP contribution in [0.15, 0.2) is 10.5 Å². The van der Waals surface area contributed by atoms with Crippen LogP contribution < -0.4 is 5.32 Å². The highest BCUT2D eigenvalue weighted by molar-refractivity contribution is 7.99. The predicted molar refractivity (Wildman–Crippen MR) is 69.7 cm³/mol. The molecule has 2 aromatic heterocycles. The molecule has 18 heavy (non-hydrogen) atoms. The quantitative estimate of drug-likeness (QED) is 0.830. The second kappa shape index (κ2) is 5.91. The normalized spacial score (nSPS) is 10.6. The molecule has 0 radical (unpaired) electrons. The minimum absolute atomic E-state index is 0.111. The van der Waals surface area contributed by atoms with Gasteiger partial charge in [0, 0.05) is 11.9 Å². The van der Waals surface area contributed by atoms with Crippen molar-refractivity contribution in [1.82, 2.24) is 25.2 Å². The minimum atomic E-state index is -0.111. The Morgan fingerprint density at radius 1 is 1.61 bits per heavy atom. The molecule has 0 bridgehead atoms. The number of aryl methyl sites for hydroxylation is 2. The maximum atomic E-state index is 11.7. The number of thioether (sulfide) groups is 1. The Kier molecular flexibility index (Phi) is 4.26. The topological polar surface area (TPSA) is 85.6 Å². The van der Waals surface area contributed by atoms with Crippen LogP contribution in [0.2, 0.25) is 0 Å². The summed E-state index contributed by atoms with van der Waals surface area (Å²) in [6.45, 7) is 4.51. The Hall–Kier alpha value is -1.48. The molecule has 0 aromatic carbocycles. The number of nitrogens with zero attached hydrogens (tertiary/aromatic N) is 5. The summed E-state index contributed by atoms with van der Waals surface area (Å²) in [4.78, 5) is 15.8. The summed E-state index contributed by atoms with van der Waals surface area (Å²) in [6.07, 6.45) is 0. The highest BCUT2D eigenvalue weighted by Crippen LogP contribution is 2.17. The molecule has 0 fully saturated rings.